The summed E-state index contributed by atoms with van der Waals surface area (Å²) in [6.45, 7) is 2.72. The van der Waals surface area contributed by atoms with Crippen LogP contribution in [0.4, 0.5) is 5.82 Å². The largest absolute Gasteiger partial charge is 0.369 e. The van der Waals surface area contributed by atoms with Crippen molar-refractivity contribution in [3.05, 3.63) is 16.7 Å². The number of anilines is 1. The van der Waals surface area contributed by atoms with E-state index in [1.807, 2.05) is 18.7 Å². The van der Waals surface area contributed by atoms with E-state index in [2.05, 4.69) is 31.0 Å². The summed E-state index contributed by atoms with van der Waals surface area (Å²) in [6.07, 6.45) is 4.27. The molecule has 0 atom stereocenters. The summed E-state index contributed by atoms with van der Waals surface area (Å²) in [5.41, 5.74) is 0. The molecule has 0 aromatic carbocycles. The quantitative estimate of drug-likeness (QED) is 0.777. The third-order valence-electron chi connectivity index (χ3n) is 3.19. The maximum Gasteiger partial charge on any atom is 0.244 e. The standard InChI is InChI=1S/C13H20BrN3O2S2/c1-2-5-15-13-12(8-10(14)9-16-13)21(18,19)17-11-3-6-20-7-4-11/h8-9,11,17H,2-7H2,1H3,(H,15,16). The average molecular weight is 394 g/mol. The molecule has 2 heterocycles. The number of hydrogen-bond acceptors (Lipinski definition) is 5. The number of nitrogens with one attached hydrogen (secondary N) is 2. The average Bonchev–Trinajstić information content (AvgIpc) is 2.46. The van der Waals surface area contributed by atoms with Crippen LogP contribution >= 0.6 is 27.7 Å². The summed E-state index contributed by atoms with van der Waals surface area (Å²) in [7, 11) is -3.56. The van der Waals surface area contributed by atoms with Crippen molar-refractivity contribution in [2.75, 3.05) is 23.4 Å². The van der Waals surface area contributed by atoms with Crippen molar-refractivity contribution < 1.29 is 8.42 Å². The zero-order valence-electron chi connectivity index (χ0n) is 11.9. The Kier molecular flexibility index (Phi) is 6.34. The third-order valence-corrected chi connectivity index (χ3v) is 6.21. The minimum atomic E-state index is -3.56. The highest BCUT2D eigenvalue weighted by Gasteiger charge is 2.25. The molecule has 2 N–H and O–H groups in total. The smallest absolute Gasteiger partial charge is 0.244 e. The Balaban J connectivity index is 2.22. The number of halogens is 1. The summed E-state index contributed by atoms with van der Waals surface area (Å²) in [4.78, 5) is 4.41. The lowest BCUT2D eigenvalue weighted by molar-refractivity contribution is 0.529. The highest BCUT2D eigenvalue weighted by molar-refractivity contribution is 9.10. The van der Waals surface area contributed by atoms with Crippen LogP contribution in [0.3, 0.4) is 0 Å². The van der Waals surface area contributed by atoms with E-state index >= 15 is 0 Å². The molecule has 0 radical (unpaired) electrons. The Labute approximate surface area is 138 Å². The fourth-order valence-corrected chi connectivity index (χ4v) is 5.15. The zero-order valence-corrected chi connectivity index (χ0v) is 15.2. The Morgan fingerprint density at radius 3 is 2.81 bits per heavy atom. The molecule has 21 heavy (non-hydrogen) atoms. The van der Waals surface area contributed by atoms with Gasteiger partial charge in [0.1, 0.15) is 10.7 Å². The van der Waals surface area contributed by atoms with Gasteiger partial charge in [0.05, 0.1) is 0 Å². The monoisotopic (exact) mass is 393 g/mol. The van der Waals surface area contributed by atoms with E-state index in [1.54, 1.807) is 12.3 Å². The van der Waals surface area contributed by atoms with Crippen LogP contribution in [-0.2, 0) is 10.0 Å². The van der Waals surface area contributed by atoms with Crippen molar-refractivity contribution in [1.29, 1.82) is 0 Å². The van der Waals surface area contributed by atoms with Crippen molar-refractivity contribution in [3.63, 3.8) is 0 Å². The summed E-state index contributed by atoms with van der Waals surface area (Å²) >= 11 is 5.17. The van der Waals surface area contributed by atoms with E-state index in [9.17, 15) is 8.42 Å². The second-order valence-electron chi connectivity index (χ2n) is 4.93. The Morgan fingerprint density at radius 1 is 1.43 bits per heavy atom. The lowest BCUT2D eigenvalue weighted by Crippen LogP contribution is -2.37. The molecule has 1 aromatic heterocycles. The minimum Gasteiger partial charge on any atom is -0.369 e. The second-order valence-corrected chi connectivity index (χ2v) is 8.76. The SMILES string of the molecule is CCCNc1ncc(Br)cc1S(=O)(=O)NC1CCSCC1. The molecule has 0 aliphatic carbocycles. The predicted molar refractivity (Wildman–Crippen MR) is 91.4 cm³/mol. The van der Waals surface area contributed by atoms with Gasteiger partial charge in [-0.1, -0.05) is 6.92 Å². The van der Waals surface area contributed by atoms with Crippen molar-refractivity contribution in [3.8, 4) is 0 Å². The van der Waals surface area contributed by atoms with Crippen LogP contribution in [-0.4, -0.2) is 37.5 Å². The first kappa shape index (κ1) is 17.1. The number of sulfonamides is 1. The fourth-order valence-electron chi connectivity index (χ4n) is 2.10. The van der Waals surface area contributed by atoms with Crippen molar-refractivity contribution in [2.24, 2.45) is 0 Å². The molecule has 8 heteroatoms. The number of aromatic nitrogens is 1. The van der Waals surface area contributed by atoms with Crippen LogP contribution < -0.4 is 10.0 Å². The minimum absolute atomic E-state index is 0.0225. The Morgan fingerprint density at radius 2 is 2.14 bits per heavy atom. The number of nitrogens with zero attached hydrogens (tertiary/aromatic N) is 1. The summed E-state index contributed by atoms with van der Waals surface area (Å²) in [6, 6.07) is 1.62. The van der Waals surface area contributed by atoms with E-state index in [0.717, 1.165) is 30.8 Å². The van der Waals surface area contributed by atoms with Gasteiger partial charge in [0.25, 0.3) is 0 Å². The fraction of sp³-hybridized carbons (Fsp3) is 0.615. The first-order valence-electron chi connectivity index (χ1n) is 7.02. The van der Waals surface area contributed by atoms with Gasteiger partial charge < -0.3 is 5.32 Å². The van der Waals surface area contributed by atoms with Crippen LogP contribution in [0.1, 0.15) is 26.2 Å². The Hall–Kier alpha value is -0.310. The van der Waals surface area contributed by atoms with Gasteiger partial charge in [-0.3, -0.25) is 0 Å². The number of pyridine rings is 1. The highest BCUT2D eigenvalue weighted by atomic mass is 79.9. The van der Waals surface area contributed by atoms with Gasteiger partial charge in [-0.05, 0) is 52.8 Å². The van der Waals surface area contributed by atoms with Crippen molar-refractivity contribution in [1.82, 2.24) is 9.71 Å². The highest BCUT2D eigenvalue weighted by Crippen LogP contribution is 2.25. The predicted octanol–water partition coefficient (Wildman–Crippen LogP) is 2.84. The van der Waals surface area contributed by atoms with Crippen molar-refractivity contribution in [2.45, 2.75) is 37.1 Å². The molecular weight excluding hydrogens is 374 g/mol. The van der Waals surface area contributed by atoms with Crippen LogP contribution in [0, 0.1) is 0 Å². The van der Waals surface area contributed by atoms with Crippen molar-refractivity contribution >= 4 is 43.5 Å². The molecule has 1 aromatic rings. The molecule has 118 valence electrons. The van der Waals surface area contributed by atoms with Crippen LogP contribution in [0.5, 0.6) is 0 Å². The molecule has 0 saturated carbocycles. The van der Waals surface area contributed by atoms with E-state index in [0.29, 0.717) is 16.8 Å². The Bertz CT molecular complexity index is 575. The van der Waals surface area contributed by atoms with Gasteiger partial charge in [0.15, 0.2) is 0 Å². The van der Waals surface area contributed by atoms with Crippen LogP contribution in [0.15, 0.2) is 21.6 Å². The summed E-state index contributed by atoms with van der Waals surface area (Å²) in [5.74, 6) is 2.42. The molecule has 5 nitrogen and oxygen atoms in total. The van der Waals surface area contributed by atoms with Crippen LogP contribution in [0.2, 0.25) is 0 Å². The van der Waals surface area contributed by atoms with Gasteiger partial charge in [-0.25, -0.2) is 18.1 Å². The third kappa shape index (κ3) is 4.84. The normalized spacial score (nSPS) is 16.9. The number of hydrogen-bond donors (Lipinski definition) is 2. The lowest BCUT2D eigenvalue weighted by Gasteiger charge is -2.23. The topological polar surface area (TPSA) is 71.1 Å². The second kappa shape index (κ2) is 7.80. The molecule has 1 aliphatic rings. The van der Waals surface area contributed by atoms with E-state index in [-0.39, 0.29) is 10.9 Å². The molecule has 1 saturated heterocycles. The summed E-state index contributed by atoms with van der Waals surface area (Å²) < 4.78 is 28.7. The molecule has 0 spiro atoms. The van der Waals surface area contributed by atoms with Gasteiger partial charge >= 0.3 is 0 Å². The number of rotatable bonds is 6. The van der Waals surface area contributed by atoms with E-state index in [1.165, 1.54) is 0 Å². The molecule has 1 aliphatic heterocycles. The maximum atomic E-state index is 12.6. The molecule has 0 amide bonds. The van der Waals surface area contributed by atoms with Gasteiger partial charge in [-0.2, -0.15) is 11.8 Å². The van der Waals surface area contributed by atoms with E-state index < -0.39 is 10.0 Å². The summed E-state index contributed by atoms with van der Waals surface area (Å²) in [5, 5.41) is 3.08. The maximum absolute atomic E-state index is 12.6. The lowest BCUT2D eigenvalue weighted by atomic mass is 10.2. The van der Waals surface area contributed by atoms with Gasteiger partial charge in [0.2, 0.25) is 10.0 Å². The van der Waals surface area contributed by atoms with E-state index in [4.69, 9.17) is 0 Å². The first-order chi connectivity index (χ1) is 10.0. The zero-order chi connectivity index (χ0) is 15.3. The molecule has 2 rings (SSSR count). The van der Waals surface area contributed by atoms with Gasteiger partial charge in [-0.15, -0.1) is 0 Å². The van der Waals surface area contributed by atoms with Crippen LogP contribution in [0.25, 0.3) is 0 Å². The molecule has 0 unspecified atom stereocenters. The first-order valence-corrected chi connectivity index (χ1v) is 10.5. The molecular formula is C13H20BrN3O2S2. The van der Waals surface area contributed by atoms with Gasteiger partial charge in [0, 0.05) is 23.3 Å². The number of thioether (sulfide) groups is 1. The molecule has 0 bridgehead atoms. The molecule has 1 fully saturated rings.